The molecular formula is C17H18N4S. The highest BCUT2D eigenvalue weighted by Crippen LogP contribution is 2.32. The van der Waals surface area contributed by atoms with Crippen molar-refractivity contribution in [2.24, 2.45) is 5.10 Å². The molecule has 0 bridgehead atoms. The van der Waals surface area contributed by atoms with Crippen LogP contribution < -0.4 is 5.43 Å². The molecule has 0 fully saturated rings. The maximum Gasteiger partial charge on any atom is 0.158 e. The van der Waals surface area contributed by atoms with Crippen molar-refractivity contribution in [3.8, 4) is 0 Å². The molecule has 2 aromatic heterocycles. The number of hydrogen-bond donors (Lipinski definition) is 1. The van der Waals surface area contributed by atoms with Crippen LogP contribution in [0.3, 0.4) is 0 Å². The average molecular weight is 310 g/mol. The van der Waals surface area contributed by atoms with Crippen LogP contribution in [0.4, 0.5) is 5.82 Å². The van der Waals surface area contributed by atoms with Gasteiger partial charge in [0.1, 0.15) is 11.2 Å². The number of hydrazone groups is 1. The molecule has 22 heavy (non-hydrogen) atoms. The summed E-state index contributed by atoms with van der Waals surface area (Å²) in [5, 5.41) is 5.54. The van der Waals surface area contributed by atoms with Gasteiger partial charge in [0, 0.05) is 4.88 Å². The number of hydrogen-bond acceptors (Lipinski definition) is 5. The second-order valence-corrected chi connectivity index (χ2v) is 6.56. The smallest absolute Gasteiger partial charge is 0.158 e. The van der Waals surface area contributed by atoms with E-state index in [1.54, 1.807) is 17.7 Å². The fourth-order valence-electron chi connectivity index (χ4n) is 2.26. The van der Waals surface area contributed by atoms with Crippen LogP contribution in [0.15, 0.2) is 35.7 Å². The minimum atomic E-state index is 0.762. The Bertz CT molecular complexity index is 847. The third-order valence-electron chi connectivity index (χ3n) is 3.76. The zero-order valence-corrected chi connectivity index (χ0v) is 14.0. The van der Waals surface area contributed by atoms with Crippen molar-refractivity contribution in [3.63, 3.8) is 0 Å². The number of nitrogens with one attached hydrogen (secondary N) is 1. The molecule has 0 spiro atoms. The minimum absolute atomic E-state index is 0.762. The highest BCUT2D eigenvalue weighted by atomic mass is 32.1. The largest absolute Gasteiger partial charge is 0.260 e. The van der Waals surface area contributed by atoms with Crippen LogP contribution in [0.1, 0.15) is 28.5 Å². The lowest BCUT2D eigenvalue weighted by atomic mass is 10.1. The first-order chi connectivity index (χ1) is 10.6. The number of fused-ring (bicyclic) bond motifs is 1. The first-order valence-corrected chi connectivity index (χ1v) is 7.96. The Hall–Kier alpha value is -2.27. The summed E-state index contributed by atoms with van der Waals surface area (Å²) in [5.41, 5.74) is 7.58. The zero-order valence-electron chi connectivity index (χ0n) is 13.1. The van der Waals surface area contributed by atoms with Crippen LogP contribution in [-0.2, 0) is 0 Å². The molecule has 0 saturated heterocycles. The number of aromatic nitrogens is 2. The van der Waals surface area contributed by atoms with Crippen molar-refractivity contribution in [3.05, 3.63) is 52.2 Å². The number of rotatable bonds is 3. The monoisotopic (exact) mass is 310 g/mol. The molecule has 1 N–H and O–H groups in total. The molecule has 4 nitrogen and oxygen atoms in total. The Morgan fingerprint density at radius 1 is 1.09 bits per heavy atom. The van der Waals surface area contributed by atoms with E-state index < -0.39 is 0 Å². The van der Waals surface area contributed by atoms with Gasteiger partial charge in [-0.2, -0.15) is 5.10 Å². The average Bonchev–Trinajstić information content (AvgIpc) is 2.81. The third kappa shape index (κ3) is 2.72. The van der Waals surface area contributed by atoms with Gasteiger partial charge in [0.05, 0.1) is 11.1 Å². The first-order valence-electron chi connectivity index (χ1n) is 7.14. The Morgan fingerprint density at radius 2 is 1.82 bits per heavy atom. The topological polar surface area (TPSA) is 50.2 Å². The standard InChI is InChI=1S/C17H18N4S/c1-10-5-7-14(8-6-10)12(3)20-21-16-15-11(2)13(4)22-17(15)19-9-18-16/h5-9H,1-4H3,(H,18,19,21)/b20-12-. The van der Waals surface area contributed by atoms with Gasteiger partial charge in [-0.05, 0) is 38.8 Å². The molecule has 0 unspecified atom stereocenters. The molecule has 2 heterocycles. The van der Waals surface area contributed by atoms with Crippen molar-refractivity contribution >= 4 is 33.1 Å². The molecule has 0 aliphatic carbocycles. The summed E-state index contributed by atoms with van der Waals surface area (Å²) < 4.78 is 0. The van der Waals surface area contributed by atoms with Gasteiger partial charge >= 0.3 is 0 Å². The SMILES string of the molecule is C/C(=N/Nc1ncnc2sc(C)c(C)c12)c1ccc(C)cc1. The molecule has 112 valence electrons. The normalized spacial score (nSPS) is 11.9. The summed E-state index contributed by atoms with van der Waals surface area (Å²) in [5.74, 6) is 0.762. The number of aryl methyl sites for hydroxylation is 3. The predicted octanol–water partition coefficient (Wildman–Crippen LogP) is 4.45. The predicted molar refractivity (Wildman–Crippen MR) is 93.9 cm³/mol. The van der Waals surface area contributed by atoms with E-state index in [0.717, 1.165) is 27.3 Å². The van der Waals surface area contributed by atoms with Gasteiger partial charge in [-0.25, -0.2) is 9.97 Å². The van der Waals surface area contributed by atoms with Crippen LogP contribution in [0, 0.1) is 20.8 Å². The van der Waals surface area contributed by atoms with Gasteiger partial charge in [0.15, 0.2) is 5.82 Å². The second-order valence-electron chi connectivity index (χ2n) is 5.36. The van der Waals surface area contributed by atoms with E-state index in [4.69, 9.17) is 0 Å². The molecule has 3 rings (SSSR count). The Labute approximate surface area is 133 Å². The van der Waals surface area contributed by atoms with Crippen molar-refractivity contribution in [1.82, 2.24) is 9.97 Å². The second kappa shape index (κ2) is 5.85. The van der Waals surface area contributed by atoms with Gasteiger partial charge in [0.25, 0.3) is 0 Å². The fraction of sp³-hybridized carbons (Fsp3) is 0.235. The summed E-state index contributed by atoms with van der Waals surface area (Å²) >= 11 is 1.69. The van der Waals surface area contributed by atoms with E-state index in [2.05, 4.69) is 65.5 Å². The summed E-state index contributed by atoms with van der Waals surface area (Å²) in [6.45, 7) is 8.26. The molecule has 1 aromatic carbocycles. The Kier molecular flexibility index (Phi) is 3.90. The van der Waals surface area contributed by atoms with E-state index in [1.165, 1.54) is 16.0 Å². The van der Waals surface area contributed by atoms with E-state index in [0.29, 0.717) is 0 Å². The maximum absolute atomic E-state index is 4.48. The van der Waals surface area contributed by atoms with Crippen molar-refractivity contribution in [1.29, 1.82) is 0 Å². The lowest BCUT2D eigenvalue weighted by molar-refractivity contribution is 1.18. The number of anilines is 1. The fourth-order valence-corrected chi connectivity index (χ4v) is 3.26. The third-order valence-corrected chi connectivity index (χ3v) is 4.88. The number of benzene rings is 1. The van der Waals surface area contributed by atoms with Gasteiger partial charge in [0.2, 0.25) is 0 Å². The van der Waals surface area contributed by atoms with Crippen LogP contribution in [0.25, 0.3) is 10.2 Å². The number of nitrogens with zero attached hydrogens (tertiary/aromatic N) is 3. The van der Waals surface area contributed by atoms with Crippen LogP contribution >= 0.6 is 11.3 Å². The van der Waals surface area contributed by atoms with Crippen LogP contribution in [0.5, 0.6) is 0 Å². The lowest BCUT2D eigenvalue weighted by Gasteiger charge is -2.05. The molecule has 0 atom stereocenters. The Morgan fingerprint density at radius 3 is 2.55 bits per heavy atom. The van der Waals surface area contributed by atoms with Gasteiger partial charge in [-0.1, -0.05) is 29.8 Å². The highest BCUT2D eigenvalue weighted by molar-refractivity contribution is 7.18. The molecule has 0 aliphatic rings. The maximum atomic E-state index is 4.48. The van der Waals surface area contributed by atoms with E-state index in [-0.39, 0.29) is 0 Å². The molecule has 3 aromatic rings. The van der Waals surface area contributed by atoms with Crippen LogP contribution in [0.2, 0.25) is 0 Å². The van der Waals surface area contributed by atoms with E-state index in [9.17, 15) is 0 Å². The highest BCUT2D eigenvalue weighted by Gasteiger charge is 2.11. The Balaban J connectivity index is 1.93. The van der Waals surface area contributed by atoms with Gasteiger partial charge in [-0.15, -0.1) is 11.3 Å². The minimum Gasteiger partial charge on any atom is -0.260 e. The first kappa shape index (κ1) is 14.7. The molecule has 5 heteroatoms. The summed E-state index contributed by atoms with van der Waals surface area (Å²) in [6, 6.07) is 8.32. The quantitative estimate of drug-likeness (QED) is 0.574. The molecule has 0 saturated carbocycles. The summed E-state index contributed by atoms with van der Waals surface area (Å²) in [7, 11) is 0. The van der Waals surface area contributed by atoms with Crippen molar-refractivity contribution < 1.29 is 0 Å². The number of thiophene rings is 1. The van der Waals surface area contributed by atoms with Crippen LogP contribution in [-0.4, -0.2) is 15.7 Å². The molecule has 0 aliphatic heterocycles. The lowest BCUT2D eigenvalue weighted by Crippen LogP contribution is -2.01. The van der Waals surface area contributed by atoms with Gasteiger partial charge in [-0.3, -0.25) is 5.43 Å². The zero-order chi connectivity index (χ0) is 15.7. The molecule has 0 amide bonds. The summed E-state index contributed by atoms with van der Waals surface area (Å²) in [4.78, 5) is 10.9. The van der Waals surface area contributed by atoms with E-state index >= 15 is 0 Å². The van der Waals surface area contributed by atoms with Crippen molar-refractivity contribution in [2.45, 2.75) is 27.7 Å². The summed E-state index contributed by atoms with van der Waals surface area (Å²) in [6.07, 6.45) is 1.58. The van der Waals surface area contributed by atoms with E-state index in [1.807, 2.05) is 6.92 Å². The van der Waals surface area contributed by atoms with Crippen molar-refractivity contribution in [2.75, 3.05) is 5.43 Å². The van der Waals surface area contributed by atoms with Gasteiger partial charge < -0.3 is 0 Å². The molecular weight excluding hydrogens is 292 g/mol. The molecule has 0 radical (unpaired) electrons.